The molecule has 7 atom stereocenters. The minimum absolute atomic E-state index is 0.0264. The number of fused-ring (bicyclic) bond motifs is 1. The van der Waals surface area contributed by atoms with Crippen molar-refractivity contribution in [3.05, 3.63) is 21.7 Å². The van der Waals surface area contributed by atoms with E-state index in [9.17, 15) is 19.8 Å². The van der Waals surface area contributed by atoms with Gasteiger partial charge in [0, 0.05) is 29.8 Å². The smallest absolute Gasteiger partial charge is 0.309 e. The van der Waals surface area contributed by atoms with Gasteiger partial charge in [0.2, 0.25) is 0 Å². The highest BCUT2D eigenvalue weighted by Crippen LogP contribution is 2.33. The molecule has 0 saturated carbocycles. The van der Waals surface area contributed by atoms with Gasteiger partial charge in [-0.3, -0.25) is 9.59 Å². The van der Waals surface area contributed by atoms with Crippen molar-refractivity contribution in [2.45, 2.75) is 104 Å². The fraction of sp³-hybridized carbons (Fsp3) is 0.731. The molecule has 3 rings (SSSR count). The molecule has 3 unspecified atom stereocenters. The molecule has 3 N–H and O–H groups in total. The lowest BCUT2D eigenvalue weighted by atomic mass is 9.73. The number of carbonyl (C=O) groups is 2. The molecule has 0 amide bonds. The van der Waals surface area contributed by atoms with Crippen molar-refractivity contribution in [2.75, 3.05) is 0 Å². The number of hydrogen-bond acceptors (Lipinski definition) is 8. The van der Waals surface area contributed by atoms with E-state index in [1.165, 1.54) is 0 Å². The van der Waals surface area contributed by atoms with E-state index in [0.29, 0.717) is 12.5 Å². The Hall–Kier alpha value is -1.61. The standard InChI is InChI=1S/C26H40N2O5S/c1-14-8-7-9-19-20(28-19)11-21(15(2)10-18-13-34-17(4)27-18)33-23(30)12-22(29)26(5,6)25(32)16(3)24(14)31/h10,13-14,16,19-22,24,28-29,31H,7-9,11-12H2,1-6H3/b15-10+/t14-,16+,19?,20?,21?,22-,24-/m0/s1. The van der Waals surface area contributed by atoms with Crippen molar-refractivity contribution in [1.82, 2.24) is 10.3 Å². The van der Waals surface area contributed by atoms with Gasteiger partial charge in [0.05, 0.1) is 34.7 Å². The van der Waals surface area contributed by atoms with Crippen LogP contribution in [0.5, 0.6) is 0 Å². The number of hydrogen-bond donors (Lipinski definition) is 3. The average Bonchev–Trinajstić information content (AvgIpc) is 3.38. The number of esters is 1. The van der Waals surface area contributed by atoms with E-state index in [0.717, 1.165) is 35.5 Å². The molecule has 2 fully saturated rings. The van der Waals surface area contributed by atoms with Gasteiger partial charge in [-0.1, -0.05) is 34.1 Å². The Morgan fingerprint density at radius 2 is 1.94 bits per heavy atom. The lowest BCUT2D eigenvalue weighted by Crippen LogP contribution is -2.45. The maximum Gasteiger partial charge on any atom is 0.309 e. The minimum Gasteiger partial charge on any atom is -0.458 e. The summed E-state index contributed by atoms with van der Waals surface area (Å²) in [5, 5.41) is 28.1. The first-order valence-corrected chi connectivity index (χ1v) is 13.2. The summed E-state index contributed by atoms with van der Waals surface area (Å²) in [6.45, 7) is 10.8. The van der Waals surface area contributed by atoms with Crippen molar-refractivity contribution in [3.63, 3.8) is 0 Å². The Kier molecular flexibility index (Phi) is 8.71. The molecule has 1 aromatic heterocycles. The fourth-order valence-corrected chi connectivity index (χ4v) is 5.49. The molecule has 7 nitrogen and oxygen atoms in total. The first-order valence-electron chi connectivity index (χ1n) is 12.4. The number of ether oxygens (including phenoxy) is 1. The zero-order valence-electron chi connectivity index (χ0n) is 21.2. The third-order valence-electron chi connectivity index (χ3n) is 7.58. The Bertz CT molecular complexity index is 911. The summed E-state index contributed by atoms with van der Waals surface area (Å²) < 4.78 is 5.86. The summed E-state index contributed by atoms with van der Waals surface area (Å²) in [7, 11) is 0. The second kappa shape index (κ2) is 11.0. The number of Topliss-reactive ketones (excluding diaryl/α,β-unsaturated/α-hetero) is 1. The largest absolute Gasteiger partial charge is 0.458 e. The predicted octanol–water partition coefficient (Wildman–Crippen LogP) is 3.66. The van der Waals surface area contributed by atoms with Gasteiger partial charge in [0.1, 0.15) is 11.9 Å². The Morgan fingerprint density at radius 1 is 1.24 bits per heavy atom. The number of aliphatic hydroxyl groups is 2. The molecule has 0 bridgehead atoms. The summed E-state index contributed by atoms with van der Waals surface area (Å²) in [5.41, 5.74) is 0.567. The third kappa shape index (κ3) is 6.53. The topological polar surface area (TPSA) is 119 Å². The van der Waals surface area contributed by atoms with Crippen LogP contribution in [0.2, 0.25) is 0 Å². The van der Waals surface area contributed by atoms with Crippen LogP contribution in [-0.2, 0) is 14.3 Å². The highest BCUT2D eigenvalue weighted by Gasteiger charge is 2.43. The minimum atomic E-state index is -1.21. The Labute approximate surface area is 207 Å². The number of cyclic esters (lactones) is 1. The predicted molar refractivity (Wildman–Crippen MR) is 133 cm³/mol. The van der Waals surface area contributed by atoms with Crippen LogP contribution in [0, 0.1) is 24.2 Å². The number of carbonyl (C=O) groups excluding carboxylic acids is 2. The summed E-state index contributed by atoms with van der Waals surface area (Å²) in [6, 6.07) is 0.615. The van der Waals surface area contributed by atoms with Crippen molar-refractivity contribution >= 4 is 29.2 Å². The Balaban J connectivity index is 1.81. The van der Waals surface area contributed by atoms with E-state index in [2.05, 4.69) is 10.3 Å². The van der Waals surface area contributed by atoms with Crippen LogP contribution in [0.25, 0.3) is 6.08 Å². The van der Waals surface area contributed by atoms with E-state index in [4.69, 9.17) is 4.74 Å². The van der Waals surface area contributed by atoms with Gasteiger partial charge in [-0.05, 0) is 44.3 Å². The van der Waals surface area contributed by atoms with Crippen LogP contribution in [0.15, 0.2) is 11.0 Å². The first kappa shape index (κ1) is 27.0. The number of aromatic nitrogens is 1. The number of rotatable bonds is 2. The third-order valence-corrected chi connectivity index (χ3v) is 8.37. The number of aliphatic hydroxyl groups excluding tert-OH is 2. The van der Waals surface area contributed by atoms with Crippen LogP contribution < -0.4 is 5.32 Å². The molecule has 0 spiro atoms. The molecule has 8 heteroatoms. The molecule has 2 aliphatic heterocycles. The SMILES string of the molecule is C/C(=C\c1csc(C)n1)C1CC2NC2CCC[C@H](C)[C@H](O)[C@@H](C)C(=O)C(C)(C)[C@@H](O)CC(=O)O1. The molecule has 3 heterocycles. The zero-order valence-corrected chi connectivity index (χ0v) is 22.0. The second-order valence-corrected chi connectivity index (χ2v) is 11.8. The summed E-state index contributed by atoms with van der Waals surface area (Å²) in [6.07, 6.45) is 2.64. The molecule has 34 heavy (non-hydrogen) atoms. The first-order chi connectivity index (χ1) is 15.9. The summed E-state index contributed by atoms with van der Waals surface area (Å²) >= 11 is 1.57. The number of aryl methyl sites for hydroxylation is 1. The van der Waals surface area contributed by atoms with Gasteiger partial charge < -0.3 is 20.3 Å². The molecular weight excluding hydrogens is 452 g/mol. The molecule has 2 aliphatic rings. The van der Waals surface area contributed by atoms with Crippen molar-refractivity contribution < 1.29 is 24.5 Å². The molecule has 2 saturated heterocycles. The van der Waals surface area contributed by atoms with E-state index in [1.54, 1.807) is 32.1 Å². The van der Waals surface area contributed by atoms with Gasteiger partial charge in [-0.15, -0.1) is 11.3 Å². The number of nitrogens with zero attached hydrogens (tertiary/aromatic N) is 1. The van der Waals surface area contributed by atoms with E-state index in [-0.39, 0.29) is 24.2 Å². The summed E-state index contributed by atoms with van der Waals surface area (Å²) in [5.74, 6) is -1.43. The van der Waals surface area contributed by atoms with E-state index >= 15 is 0 Å². The maximum absolute atomic E-state index is 13.2. The summed E-state index contributed by atoms with van der Waals surface area (Å²) in [4.78, 5) is 30.5. The van der Waals surface area contributed by atoms with Crippen LogP contribution in [-0.4, -0.2) is 57.3 Å². The van der Waals surface area contributed by atoms with Crippen LogP contribution in [0.1, 0.15) is 77.4 Å². The molecule has 0 radical (unpaired) electrons. The lowest BCUT2D eigenvalue weighted by molar-refractivity contribution is -0.154. The number of thiazole rings is 1. The quantitative estimate of drug-likeness (QED) is 0.426. The van der Waals surface area contributed by atoms with Crippen molar-refractivity contribution in [2.24, 2.45) is 17.3 Å². The molecular formula is C26H40N2O5S. The van der Waals surface area contributed by atoms with Crippen LogP contribution >= 0.6 is 11.3 Å². The van der Waals surface area contributed by atoms with Crippen LogP contribution in [0.3, 0.4) is 0 Å². The van der Waals surface area contributed by atoms with E-state index in [1.807, 2.05) is 32.2 Å². The van der Waals surface area contributed by atoms with Gasteiger partial charge in [0.25, 0.3) is 0 Å². The van der Waals surface area contributed by atoms with Gasteiger partial charge in [-0.25, -0.2) is 4.98 Å². The highest BCUT2D eigenvalue weighted by atomic mass is 32.1. The molecule has 0 aromatic carbocycles. The monoisotopic (exact) mass is 492 g/mol. The fourth-order valence-electron chi connectivity index (χ4n) is 4.92. The van der Waals surface area contributed by atoms with Gasteiger partial charge >= 0.3 is 5.97 Å². The zero-order chi connectivity index (χ0) is 25.2. The number of nitrogens with one attached hydrogen (secondary N) is 1. The van der Waals surface area contributed by atoms with E-state index < -0.39 is 35.6 Å². The average molecular weight is 493 g/mol. The highest BCUT2D eigenvalue weighted by molar-refractivity contribution is 7.09. The van der Waals surface area contributed by atoms with Gasteiger partial charge in [-0.2, -0.15) is 0 Å². The normalized spacial score (nSPS) is 36.0. The second-order valence-electron chi connectivity index (χ2n) is 10.8. The molecule has 190 valence electrons. The van der Waals surface area contributed by atoms with Gasteiger partial charge in [0.15, 0.2) is 0 Å². The van der Waals surface area contributed by atoms with Crippen LogP contribution in [0.4, 0.5) is 0 Å². The van der Waals surface area contributed by atoms with Crippen molar-refractivity contribution in [3.8, 4) is 0 Å². The molecule has 0 aliphatic carbocycles. The number of ketones is 1. The molecule has 1 aromatic rings. The van der Waals surface area contributed by atoms with Crippen molar-refractivity contribution in [1.29, 1.82) is 0 Å². The lowest BCUT2D eigenvalue weighted by Gasteiger charge is -2.34. The maximum atomic E-state index is 13.2. The Morgan fingerprint density at radius 3 is 2.59 bits per heavy atom.